The second-order valence-electron chi connectivity index (χ2n) is 4.98. The lowest BCUT2D eigenvalue weighted by Gasteiger charge is -2.15. The Labute approximate surface area is 131 Å². The summed E-state index contributed by atoms with van der Waals surface area (Å²) in [5.41, 5.74) is 0. The van der Waals surface area contributed by atoms with Crippen molar-refractivity contribution < 1.29 is 9.90 Å². The van der Waals surface area contributed by atoms with Gasteiger partial charge in [0, 0.05) is 27.7 Å². The molecule has 4 nitrogen and oxygen atoms in total. The van der Waals surface area contributed by atoms with Crippen molar-refractivity contribution in [3.8, 4) is 0 Å². The number of thioether (sulfide) groups is 1. The maximum Gasteiger partial charge on any atom is 0.237 e. The predicted molar refractivity (Wildman–Crippen MR) is 84.9 cm³/mol. The van der Waals surface area contributed by atoms with Gasteiger partial charge in [0.2, 0.25) is 5.91 Å². The maximum absolute atomic E-state index is 11.9. The third-order valence-electron chi connectivity index (χ3n) is 3.14. The molecule has 110 valence electrons. The molecule has 0 spiro atoms. The van der Waals surface area contributed by atoms with Crippen LogP contribution >= 0.6 is 27.7 Å². The Morgan fingerprint density at radius 2 is 2.25 bits per heavy atom. The number of rotatable bonds is 5. The molecule has 0 bridgehead atoms. The van der Waals surface area contributed by atoms with Gasteiger partial charge in [-0.25, -0.2) is 0 Å². The van der Waals surface area contributed by atoms with Crippen molar-refractivity contribution in [1.82, 2.24) is 10.6 Å². The number of benzene rings is 1. The second-order valence-corrected chi connectivity index (χ2v) is 7.41. The largest absolute Gasteiger partial charge is 0.392 e. The van der Waals surface area contributed by atoms with Gasteiger partial charge in [0.25, 0.3) is 0 Å². The molecule has 0 saturated carbocycles. The zero-order valence-electron chi connectivity index (χ0n) is 11.3. The fraction of sp³-hybridized carbons (Fsp3) is 0.500. The van der Waals surface area contributed by atoms with Crippen LogP contribution in [0.25, 0.3) is 0 Å². The van der Waals surface area contributed by atoms with E-state index in [4.69, 9.17) is 0 Å². The fourth-order valence-corrected chi connectivity index (χ4v) is 3.26. The summed E-state index contributed by atoms with van der Waals surface area (Å²) < 4.78 is 1.06. The van der Waals surface area contributed by atoms with Crippen molar-refractivity contribution in [1.29, 1.82) is 0 Å². The SMILES string of the molecule is CC(CNC(=O)C1CC(O)CN1)Sc1ccc(Br)cc1. The van der Waals surface area contributed by atoms with Gasteiger partial charge in [0.05, 0.1) is 12.1 Å². The molecular formula is C14H19BrN2O2S. The minimum atomic E-state index is -0.402. The Kier molecular flexibility index (Phi) is 5.89. The highest BCUT2D eigenvalue weighted by Gasteiger charge is 2.27. The van der Waals surface area contributed by atoms with Crippen LogP contribution in [0.15, 0.2) is 33.6 Å². The smallest absolute Gasteiger partial charge is 0.237 e. The van der Waals surface area contributed by atoms with Gasteiger partial charge in [-0.05, 0) is 30.7 Å². The average Bonchev–Trinajstić information content (AvgIpc) is 2.85. The summed E-state index contributed by atoms with van der Waals surface area (Å²) in [6.07, 6.45) is 0.0976. The normalized spacial score (nSPS) is 23.6. The summed E-state index contributed by atoms with van der Waals surface area (Å²) in [5.74, 6) is -0.0233. The number of aliphatic hydroxyl groups excluding tert-OH is 1. The first kappa shape index (κ1) is 15.8. The van der Waals surface area contributed by atoms with Gasteiger partial charge in [0.15, 0.2) is 0 Å². The number of hydrogen-bond acceptors (Lipinski definition) is 4. The van der Waals surface area contributed by atoms with Gasteiger partial charge in [0.1, 0.15) is 0 Å². The lowest BCUT2D eigenvalue weighted by Crippen LogP contribution is -2.42. The zero-order valence-corrected chi connectivity index (χ0v) is 13.7. The van der Waals surface area contributed by atoms with Crippen LogP contribution in [0, 0.1) is 0 Å². The van der Waals surface area contributed by atoms with Gasteiger partial charge in [-0.15, -0.1) is 11.8 Å². The molecule has 3 unspecified atom stereocenters. The Morgan fingerprint density at radius 1 is 1.55 bits per heavy atom. The summed E-state index contributed by atoms with van der Waals surface area (Å²) in [6.45, 7) is 3.21. The van der Waals surface area contributed by atoms with E-state index in [0.29, 0.717) is 24.8 Å². The minimum Gasteiger partial charge on any atom is -0.392 e. The summed E-state index contributed by atoms with van der Waals surface area (Å²) in [7, 11) is 0. The summed E-state index contributed by atoms with van der Waals surface area (Å²) in [6, 6.07) is 7.88. The molecule has 1 aromatic rings. The van der Waals surface area contributed by atoms with Crippen LogP contribution in [0.2, 0.25) is 0 Å². The lowest BCUT2D eigenvalue weighted by molar-refractivity contribution is -0.122. The summed E-state index contributed by atoms with van der Waals surface area (Å²) in [4.78, 5) is 13.1. The Hall–Kier alpha value is -0.560. The van der Waals surface area contributed by atoms with E-state index in [1.165, 1.54) is 4.90 Å². The van der Waals surface area contributed by atoms with Crippen molar-refractivity contribution >= 4 is 33.6 Å². The van der Waals surface area contributed by atoms with E-state index in [-0.39, 0.29) is 11.9 Å². The first-order valence-electron chi connectivity index (χ1n) is 6.66. The third-order valence-corrected chi connectivity index (χ3v) is 4.78. The lowest BCUT2D eigenvalue weighted by atomic mass is 10.2. The van der Waals surface area contributed by atoms with Crippen LogP contribution in [-0.2, 0) is 4.79 Å². The number of nitrogens with one attached hydrogen (secondary N) is 2. The fourth-order valence-electron chi connectivity index (χ4n) is 2.07. The van der Waals surface area contributed by atoms with E-state index in [2.05, 4.69) is 45.6 Å². The number of carbonyl (C=O) groups excluding carboxylic acids is 1. The van der Waals surface area contributed by atoms with Gasteiger partial charge < -0.3 is 15.7 Å². The van der Waals surface area contributed by atoms with Crippen molar-refractivity contribution in [2.24, 2.45) is 0 Å². The van der Waals surface area contributed by atoms with Crippen LogP contribution in [-0.4, -0.2) is 41.5 Å². The average molecular weight is 359 g/mol. The van der Waals surface area contributed by atoms with Crippen LogP contribution < -0.4 is 10.6 Å². The second kappa shape index (κ2) is 7.45. The van der Waals surface area contributed by atoms with Crippen molar-refractivity contribution in [3.63, 3.8) is 0 Å². The van der Waals surface area contributed by atoms with Crippen molar-refractivity contribution in [2.45, 2.75) is 35.6 Å². The molecule has 1 aromatic carbocycles. The molecule has 1 saturated heterocycles. The molecule has 3 atom stereocenters. The zero-order chi connectivity index (χ0) is 14.5. The molecule has 0 radical (unpaired) electrons. The van der Waals surface area contributed by atoms with Crippen LogP contribution in [0.4, 0.5) is 0 Å². The minimum absolute atomic E-state index is 0.0233. The number of amides is 1. The molecular weight excluding hydrogens is 340 g/mol. The number of carbonyl (C=O) groups is 1. The van der Waals surface area contributed by atoms with E-state index in [1.54, 1.807) is 11.8 Å². The summed E-state index contributed by atoms with van der Waals surface area (Å²) >= 11 is 5.14. The Balaban J connectivity index is 1.73. The molecule has 2 rings (SSSR count). The highest BCUT2D eigenvalue weighted by molar-refractivity contribution is 9.10. The van der Waals surface area contributed by atoms with E-state index < -0.39 is 6.10 Å². The van der Waals surface area contributed by atoms with Crippen LogP contribution in [0.3, 0.4) is 0 Å². The monoisotopic (exact) mass is 358 g/mol. The predicted octanol–water partition coefficient (Wildman–Crippen LogP) is 1.77. The quantitative estimate of drug-likeness (QED) is 0.702. The van der Waals surface area contributed by atoms with Crippen molar-refractivity contribution in [2.75, 3.05) is 13.1 Å². The highest BCUT2D eigenvalue weighted by atomic mass is 79.9. The molecule has 0 aliphatic carbocycles. The van der Waals surface area contributed by atoms with Gasteiger partial charge in [-0.2, -0.15) is 0 Å². The standard InChI is InChI=1S/C14H19BrN2O2S/c1-9(20-12-4-2-10(15)3-5-12)7-17-14(19)13-6-11(18)8-16-13/h2-5,9,11,13,16,18H,6-8H2,1H3,(H,17,19). The Morgan fingerprint density at radius 3 is 2.85 bits per heavy atom. The molecule has 3 N–H and O–H groups in total. The van der Waals surface area contributed by atoms with E-state index in [1.807, 2.05) is 12.1 Å². The highest BCUT2D eigenvalue weighted by Crippen LogP contribution is 2.24. The number of aliphatic hydroxyl groups is 1. The van der Waals surface area contributed by atoms with Crippen LogP contribution in [0.1, 0.15) is 13.3 Å². The van der Waals surface area contributed by atoms with Gasteiger partial charge in [-0.1, -0.05) is 22.9 Å². The van der Waals surface area contributed by atoms with E-state index >= 15 is 0 Å². The van der Waals surface area contributed by atoms with Gasteiger partial charge in [-0.3, -0.25) is 4.79 Å². The third kappa shape index (κ3) is 4.77. The van der Waals surface area contributed by atoms with Crippen molar-refractivity contribution in [3.05, 3.63) is 28.7 Å². The molecule has 6 heteroatoms. The first-order chi connectivity index (χ1) is 9.54. The molecule has 1 amide bonds. The molecule has 20 heavy (non-hydrogen) atoms. The number of β-amino-alcohol motifs (C(OH)–C–C–N with tert-alkyl or cyclic N) is 1. The number of halogens is 1. The van der Waals surface area contributed by atoms with E-state index in [0.717, 1.165) is 4.47 Å². The van der Waals surface area contributed by atoms with Crippen LogP contribution in [0.5, 0.6) is 0 Å². The van der Waals surface area contributed by atoms with Gasteiger partial charge >= 0.3 is 0 Å². The summed E-state index contributed by atoms with van der Waals surface area (Å²) in [5, 5.41) is 15.6. The first-order valence-corrected chi connectivity index (χ1v) is 8.33. The molecule has 1 aliphatic heterocycles. The number of hydrogen-bond donors (Lipinski definition) is 3. The Bertz CT molecular complexity index is 455. The topological polar surface area (TPSA) is 61.4 Å². The maximum atomic E-state index is 11.9. The molecule has 0 aromatic heterocycles. The molecule has 1 fully saturated rings. The molecule has 1 heterocycles. The van der Waals surface area contributed by atoms with E-state index in [9.17, 15) is 9.90 Å². The molecule has 1 aliphatic rings.